The van der Waals surface area contributed by atoms with Gasteiger partial charge in [0.25, 0.3) is 0 Å². The van der Waals surface area contributed by atoms with Crippen molar-refractivity contribution in [3.05, 3.63) is 66.4 Å². The number of nitrogens with zero attached hydrogens (tertiary/aromatic N) is 1. The SMILES string of the molecule is CNC[C@H](O)[C@@H](c1ccc(OC(F)(F)F)cc1)n1ccc2ccccc21. The minimum atomic E-state index is -4.73. The normalized spacial score (nSPS) is 14.3. The van der Waals surface area contributed by atoms with E-state index in [2.05, 4.69) is 10.1 Å². The molecule has 2 aromatic carbocycles. The van der Waals surface area contributed by atoms with Crippen LogP contribution in [0.15, 0.2) is 60.8 Å². The number of nitrogens with one attached hydrogen (secondary N) is 1. The molecule has 0 saturated carbocycles. The molecule has 0 amide bonds. The Hall–Kier alpha value is -2.51. The second-order valence-electron chi connectivity index (χ2n) is 5.97. The Bertz CT molecular complexity index is 859. The molecule has 1 aromatic heterocycles. The van der Waals surface area contributed by atoms with E-state index >= 15 is 0 Å². The van der Waals surface area contributed by atoms with Gasteiger partial charge in [0.15, 0.2) is 0 Å². The van der Waals surface area contributed by atoms with Crippen LogP contribution in [0.3, 0.4) is 0 Å². The van der Waals surface area contributed by atoms with Gasteiger partial charge >= 0.3 is 6.36 Å². The number of hydrogen-bond donors (Lipinski definition) is 2. The second kappa shape index (κ2) is 7.39. The Labute approximate surface area is 148 Å². The fourth-order valence-electron chi connectivity index (χ4n) is 3.10. The van der Waals surface area contributed by atoms with Crippen molar-refractivity contribution in [3.8, 4) is 5.75 Å². The van der Waals surface area contributed by atoms with Gasteiger partial charge in [-0.3, -0.25) is 0 Å². The highest BCUT2D eigenvalue weighted by molar-refractivity contribution is 5.80. The molecular formula is C19H19F3N2O2. The fraction of sp³-hybridized carbons (Fsp3) is 0.263. The van der Waals surface area contributed by atoms with Crippen LogP contribution in [-0.2, 0) is 0 Å². The van der Waals surface area contributed by atoms with Crippen molar-refractivity contribution in [1.82, 2.24) is 9.88 Å². The van der Waals surface area contributed by atoms with E-state index in [1.807, 2.05) is 41.1 Å². The summed E-state index contributed by atoms with van der Waals surface area (Å²) in [6, 6.07) is 14.8. The number of ether oxygens (including phenoxy) is 1. The average molecular weight is 364 g/mol. The van der Waals surface area contributed by atoms with Crippen LogP contribution in [0.25, 0.3) is 10.9 Å². The molecule has 7 heteroatoms. The van der Waals surface area contributed by atoms with Gasteiger partial charge < -0.3 is 19.7 Å². The molecule has 0 spiro atoms. The van der Waals surface area contributed by atoms with Gasteiger partial charge in [0.1, 0.15) is 5.75 Å². The highest BCUT2D eigenvalue weighted by Crippen LogP contribution is 2.30. The monoisotopic (exact) mass is 364 g/mol. The quantitative estimate of drug-likeness (QED) is 0.701. The predicted molar refractivity (Wildman–Crippen MR) is 93.1 cm³/mol. The summed E-state index contributed by atoms with van der Waals surface area (Å²) in [5.41, 5.74) is 1.62. The van der Waals surface area contributed by atoms with Crippen molar-refractivity contribution >= 4 is 10.9 Å². The van der Waals surface area contributed by atoms with Gasteiger partial charge in [-0.2, -0.15) is 0 Å². The van der Waals surface area contributed by atoms with Crippen LogP contribution < -0.4 is 10.1 Å². The van der Waals surface area contributed by atoms with E-state index in [-0.39, 0.29) is 5.75 Å². The predicted octanol–water partition coefficient (Wildman–Crippen LogP) is 3.71. The molecule has 0 saturated heterocycles. The Balaban J connectivity index is 1.99. The molecule has 138 valence electrons. The van der Waals surface area contributed by atoms with E-state index in [0.717, 1.165) is 10.9 Å². The maximum absolute atomic E-state index is 12.4. The van der Waals surface area contributed by atoms with Gasteiger partial charge in [0.05, 0.1) is 12.1 Å². The summed E-state index contributed by atoms with van der Waals surface area (Å²) < 4.78 is 42.9. The number of aliphatic hydroxyl groups is 1. The molecule has 4 nitrogen and oxygen atoms in total. The summed E-state index contributed by atoms with van der Waals surface area (Å²) in [7, 11) is 1.73. The molecule has 0 aliphatic carbocycles. The number of aliphatic hydroxyl groups excluding tert-OH is 1. The zero-order chi connectivity index (χ0) is 18.7. The first kappa shape index (κ1) is 18.3. The molecule has 3 aromatic rings. The van der Waals surface area contributed by atoms with Crippen molar-refractivity contribution in [2.45, 2.75) is 18.5 Å². The molecule has 0 unspecified atom stereocenters. The molecule has 0 bridgehead atoms. The molecule has 1 heterocycles. The number of para-hydroxylation sites is 1. The lowest BCUT2D eigenvalue weighted by Gasteiger charge is -2.26. The molecule has 0 aliphatic rings. The number of likely N-dealkylation sites (N-methyl/N-ethyl adjacent to an activating group) is 1. The van der Waals surface area contributed by atoms with Crippen LogP contribution >= 0.6 is 0 Å². The number of benzene rings is 2. The minimum Gasteiger partial charge on any atom is -0.406 e. The smallest absolute Gasteiger partial charge is 0.406 e. The lowest BCUT2D eigenvalue weighted by atomic mass is 10.0. The lowest BCUT2D eigenvalue weighted by molar-refractivity contribution is -0.274. The van der Waals surface area contributed by atoms with Crippen molar-refractivity contribution in [1.29, 1.82) is 0 Å². The number of halogens is 3. The van der Waals surface area contributed by atoms with E-state index in [1.54, 1.807) is 19.2 Å². The van der Waals surface area contributed by atoms with E-state index in [0.29, 0.717) is 12.1 Å². The van der Waals surface area contributed by atoms with E-state index in [9.17, 15) is 18.3 Å². The van der Waals surface area contributed by atoms with Crippen LogP contribution in [-0.4, -0.2) is 35.7 Å². The Morgan fingerprint density at radius 1 is 1.08 bits per heavy atom. The summed E-state index contributed by atoms with van der Waals surface area (Å²) in [6.45, 7) is 0.331. The van der Waals surface area contributed by atoms with E-state index < -0.39 is 18.5 Å². The topological polar surface area (TPSA) is 46.4 Å². The molecule has 0 radical (unpaired) electrons. The fourth-order valence-corrected chi connectivity index (χ4v) is 3.10. The molecular weight excluding hydrogens is 345 g/mol. The Morgan fingerprint density at radius 3 is 2.42 bits per heavy atom. The molecule has 0 aliphatic heterocycles. The zero-order valence-corrected chi connectivity index (χ0v) is 14.1. The number of alkyl halides is 3. The van der Waals surface area contributed by atoms with Crippen LogP contribution in [0.5, 0.6) is 5.75 Å². The molecule has 2 atom stereocenters. The van der Waals surface area contributed by atoms with Crippen LogP contribution in [0.4, 0.5) is 13.2 Å². The second-order valence-corrected chi connectivity index (χ2v) is 5.97. The number of aromatic nitrogens is 1. The third kappa shape index (κ3) is 4.00. The molecule has 3 rings (SSSR count). The third-order valence-corrected chi connectivity index (χ3v) is 4.16. The van der Waals surface area contributed by atoms with Crippen LogP contribution in [0, 0.1) is 0 Å². The maximum Gasteiger partial charge on any atom is 0.573 e. The van der Waals surface area contributed by atoms with E-state index in [4.69, 9.17) is 0 Å². The number of fused-ring (bicyclic) bond motifs is 1. The van der Waals surface area contributed by atoms with Crippen molar-refractivity contribution in [2.24, 2.45) is 0 Å². The summed E-state index contributed by atoms with van der Waals surface area (Å²) in [5.74, 6) is -0.291. The highest BCUT2D eigenvalue weighted by atomic mass is 19.4. The summed E-state index contributed by atoms with van der Waals surface area (Å²) in [5, 5.41) is 14.6. The number of rotatable bonds is 6. The van der Waals surface area contributed by atoms with Crippen molar-refractivity contribution < 1.29 is 23.0 Å². The van der Waals surface area contributed by atoms with Crippen molar-refractivity contribution in [3.63, 3.8) is 0 Å². The third-order valence-electron chi connectivity index (χ3n) is 4.16. The molecule has 26 heavy (non-hydrogen) atoms. The van der Waals surface area contributed by atoms with Gasteiger partial charge in [-0.25, -0.2) is 0 Å². The largest absolute Gasteiger partial charge is 0.573 e. The molecule has 2 N–H and O–H groups in total. The highest BCUT2D eigenvalue weighted by Gasteiger charge is 2.31. The average Bonchev–Trinajstić information content (AvgIpc) is 3.00. The zero-order valence-electron chi connectivity index (χ0n) is 14.1. The lowest BCUT2D eigenvalue weighted by Crippen LogP contribution is -2.33. The van der Waals surface area contributed by atoms with Gasteiger partial charge in [-0.1, -0.05) is 30.3 Å². The van der Waals surface area contributed by atoms with E-state index in [1.165, 1.54) is 12.1 Å². The van der Waals surface area contributed by atoms with Crippen molar-refractivity contribution in [2.75, 3.05) is 13.6 Å². The molecule has 0 fully saturated rings. The van der Waals surface area contributed by atoms with Gasteiger partial charge in [0.2, 0.25) is 0 Å². The Kier molecular flexibility index (Phi) is 5.20. The summed E-state index contributed by atoms with van der Waals surface area (Å²) in [6.07, 6.45) is -3.64. The number of hydrogen-bond acceptors (Lipinski definition) is 3. The first-order valence-electron chi connectivity index (χ1n) is 8.13. The minimum absolute atomic E-state index is 0.291. The summed E-state index contributed by atoms with van der Waals surface area (Å²) in [4.78, 5) is 0. The summed E-state index contributed by atoms with van der Waals surface area (Å²) >= 11 is 0. The maximum atomic E-state index is 12.4. The first-order valence-corrected chi connectivity index (χ1v) is 8.13. The first-order chi connectivity index (χ1) is 12.4. The Morgan fingerprint density at radius 2 is 1.77 bits per heavy atom. The van der Waals surface area contributed by atoms with Gasteiger partial charge in [-0.05, 0) is 42.3 Å². The van der Waals surface area contributed by atoms with Crippen LogP contribution in [0.2, 0.25) is 0 Å². The standard InChI is InChI=1S/C19H19F3N2O2/c1-23-12-17(25)18(24-11-10-13-4-2-3-5-16(13)24)14-6-8-15(9-7-14)26-19(20,21)22/h2-11,17-18,23,25H,12H2,1H3/t17-,18+/m0/s1. The van der Waals surface area contributed by atoms with Crippen LogP contribution in [0.1, 0.15) is 11.6 Å². The van der Waals surface area contributed by atoms with Gasteiger partial charge in [-0.15, -0.1) is 13.2 Å². The van der Waals surface area contributed by atoms with Gasteiger partial charge in [0, 0.05) is 18.3 Å².